The van der Waals surface area contributed by atoms with Crippen LogP contribution in [0.2, 0.25) is 0 Å². The zero-order valence-corrected chi connectivity index (χ0v) is 6.22. The average Bonchev–Trinajstić information content (AvgIpc) is 2.45. The molecule has 0 aromatic carbocycles. The Morgan fingerprint density at radius 3 is 2.70 bits per heavy atom. The van der Waals surface area contributed by atoms with Crippen molar-refractivity contribution in [1.82, 2.24) is 0 Å². The second-order valence-corrected chi connectivity index (χ2v) is 3.67. The van der Waals surface area contributed by atoms with Gasteiger partial charge in [-0.3, -0.25) is 4.79 Å². The number of ether oxygens (including phenoxy) is 1. The minimum Gasteiger partial charge on any atom is -0.462 e. The van der Waals surface area contributed by atoms with Crippen LogP contribution in [-0.4, -0.2) is 12.1 Å². The van der Waals surface area contributed by atoms with Gasteiger partial charge >= 0.3 is 5.97 Å². The Hall–Kier alpha value is -0.530. The number of cyclic esters (lactones) is 1. The topological polar surface area (TPSA) is 26.3 Å². The van der Waals surface area contributed by atoms with Gasteiger partial charge in [0.15, 0.2) is 0 Å². The summed E-state index contributed by atoms with van der Waals surface area (Å²) in [5.41, 5.74) is 0.367. The van der Waals surface area contributed by atoms with Crippen molar-refractivity contribution < 1.29 is 9.53 Å². The summed E-state index contributed by atoms with van der Waals surface area (Å²) in [6.45, 7) is 2.20. The average molecular weight is 140 g/mol. The van der Waals surface area contributed by atoms with Crippen molar-refractivity contribution >= 4 is 5.97 Å². The van der Waals surface area contributed by atoms with Gasteiger partial charge in [-0.05, 0) is 19.3 Å². The SMILES string of the molecule is CC1(C2CCC(=O)O2)CC1. The maximum Gasteiger partial charge on any atom is 0.306 e. The van der Waals surface area contributed by atoms with E-state index in [1.165, 1.54) is 12.8 Å². The molecule has 0 amide bonds. The largest absolute Gasteiger partial charge is 0.462 e. The maximum absolute atomic E-state index is 10.7. The summed E-state index contributed by atoms with van der Waals surface area (Å²) in [5.74, 6) is -0.00174. The maximum atomic E-state index is 10.7. The molecule has 1 aliphatic heterocycles. The molecule has 1 atom stereocenters. The van der Waals surface area contributed by atoms with Gasteiger partial charge in [0.1, 0.15) is 6.10 Å². The molecule has 0 radical (unpaired) electrons. The monoisotopic (exact) mass is 140 g/mol. The number of hydrogen-bond donors (Lipinski definition) is 0. The van der Waals surface area contributed by atoms with E-state index in [1.54, 1.807) is 0 Å². The molecular weight excluding hydrogens is 128 g/mol. The Kier molecular flexibility index (Phi) is 1.08. The Morgan fingerprint density at radius 1 is 1.60 bits per heavy atom. The number of rotatable bonds is 1. The van der Waals surface area contributed by atoms with Gasteiger partial charge in [0.25, 0.3) is 0 Å². The summed E-state index contributed by atoms with van der Waals surface area (Å²) < 4.78 is 5.15. The summed E-state index contributed by atoms with van der Waals surface area (Å²) >= 11 is 0. The van der Waals surface area contributed by atoms with Crippen LogP contribution in [0.25, 0.3) is 0 Å². The molecular formula is C8H12O2. The molecule has 2 aliphatic rings. The molecule has 1 saturated carbocycles. The second-order valence-electron chi connectivity index (χ2n) is 3.67. The highest BCUT2D eigenvalue weighted by molar-refractivity contribution is 5.71. The standard InChI is InChI=1S/C8H12O2/c1-8(4-5-8)6-2-3-7(9)10-6/h6H,2-5H2,1H3. The van der Waals surface area contributed by atoms with Crippen LogP contribution in [0, 0.1) is 5.41 Å². The molecule has 56 valence electrons. The summed E-state index contributed by atoms with van der Waals surface area (Å²) in [4.78, 5) is 10.7. The lowest BCUT2D eigenvalue weighted by atomic mass is 10.00. The molecule has 0 N–H and O–H groups in total. The molecule has 1 heterocycles. The van der Waals surface area contributed by atoms with Gasteiger partial charge in [-0.1, -0.05) is 6.92 Å². The van der Waals surface area contributed by atoms with E-state index < -0.39 is 0 Å². The highest BCUT2D eigenvalue weighted by Crippen LogP contribution is 2.52. The first-order valence-corrected chi connectivity index (χ1v) is 3.90. The van der Waals surface area contributed by atoms with Crippen molar-refractivity contribution in [2.75, 3.05) is 0 Å². The third-order valence-electron chi connectivity index (χ3n) is 2.70. The predicted molar refractivity (Wildman–Crippen MR) is 36.5 cm³/mol. The lowest BCUT2D eigenvalue weighted by Gasteiger charge is -2.15. The molecule has 1 saturated heterocycles. The molecule has 2 rings (SSSR count). The Bertz CT molecular complexity index is 170. The van der Waals surface area contributed by atoms with E-state index in [1.807, 2.05) is 0 Å². The Labute approximate surface area is 60.6 Å². The highest BCUT2D eigenvalue weighted by atomic mass is 16.6. The van der Waals surface area contributed by atoms with Gasteiger partial charge < -0.3 is 4.74 Å². The third-order valence-corrected chi connectivity index (χ3v) is 2.70. The molecule has 1 unspecified atom stereocenters. The molecule has 10 heavy (non-hydrogen) atoms. The molecule has 0 aromatic rings. The van der Waals surface area contributed by atoms with E-state index in [4.69, 9.17) is 4.74 Å². The van der Waals surface area contributed by atoms with Crippen molar-refractivity contribution in [1.29, 1.82) is 0 Å². The fraction of sp³-hybridized carbons (Fsp3) is 0.875. The zero-order chi connectivity index (χ0) is 7.19. The molecule has 2 nitrogen and oxygen atoms in total. The van der Waals surface area contributed by atoms with Gasteiger partial charge in [-0.2, -0.15) is 0 Å². The lowest BCUT2D eigenvalue weighted by Crippen LogP contribution is -2.18. The van der Waals surface area contributed by atoms with Crippen molar-refractivity contribution in [3.8, 4) is 0 Å². The van der Waals surface area contributed by atoms with Crippen molar-refractivity contribution in [3.05, 3.63) is 0 Å². The van der Waals surface area contributed by atoms with Gasteiger partial charge in [0, 0.05) is 11.8 Å². The first kappa shape index (κ1) is 6.20. The van der Waals surface area contributed by atoms with Crippen molar-refractivity contribution in [2.24, 2.45) is 5.41 Å². The van der Waals surface area contributed by atoms with Gasteiger partial charge in [0.05, 0.1) is 0 Å². The first-order valence-electron chi connectivity index (χ1n) is 3.90. The van der Waals surface area contributed by atoms with E-state index in [-0.39, 0.29) is 12.1 Å². The van der Waals surface area contributed by atoms with Gasteiger partial charge in [-0.15, -0.1) is 0 Å². The summed E-state index contributed by atoms with van der Waals surface area (Å²) in [5, 5.41) is 0. The second kappa shape index (κ2) is 1.74. The van der Waals surface area contributed by atoms with E-state index in [0.29, 0.717) is 11.8 Å². The van der Waals surface area contributed by atoms with Crippen LogP contribution < -0.4 is 0 Å². The molecule has 2 heteroatoms. The van der Waals surface area contributed by atoms with Crippen LogP contribution in [-0.2, 0) is 9.53 Å². The van der Waals surface area contributed by atoms with Crippen LogP contribution in [0.3, 0.4) is 0 Å². The van der Waals surface area contributed by atoms with Crippen LogP contribution in [0.15, 0.2) is 0 Å². The van der Waals surface area contributed by atoms with Crippen LogP contribution in [0.1, 0.15) is 32.6 Å². The number of esters is 1. The van der Waals surface area contributed by atoms with Crippen molar-refractivity contribution in [3.63, 3.8) is 0 Å². The summed E-state index contributed by atoms with van der Waals surface area (Å²) in [6.07, 6.45) is 4.32. The number of carbonyl (C=O) groups excluding carboxylic acids is 1. The zero-order valence-electron chi connectivity index (χ0n) is 6.22. The molecule has 0 aromatic heterocycles. The highest BCUT2D eigenvalue weighted by Gasteiger charge is 2.48. The quantitative estimate of drug-likeness (QED) is 0.516. The number of carbonyl (C=O) groups is 1. The molecule has 0 spiro atoms. The molecule has 0 bridgehead atoms. The summed E-state index contributed by atoms with van der Waals surface area (Å²) in [7, 11) is 0. The van der Waals surface area contributed by atoms with Crippen LogP contribution >= 0.6 is 0 Å². The van der Waals surface area contributed by atoms with Crippen LogP contribution in [0.4, 0.5) is 0 Å². The van der Waals surface area contributed by atoms with E-state index in [9.17, 15) is 4.79 Å². The van der Waals surface area contributed by atoms with E-state index in [2.05, 4.69) is 6.92 Å². The molecule has 1 aliphatic carbocycles. The van der Waals surface area contributed by atoms with Gasteiger partial charge in [-0.25, -0.2) is 0 Å². The summed E-state index contributed by atoms with van der Waals surface area (Å²) in [6, 6.07) is 0. The fourth-order valence-corrected chi connectivity index (χ4v) is 1.54. The number of hydrogen-bond acceptors (Lipinski definition) is 2. The Morgan fingerprint density at radius 2 is 2.30 bits per heavy atom. The smallest absolute Gasteiger partial charge is 0.306 e. The minimum atomic E-state index is -0.00174. The normalized spacial score (nSPS) is 35.7. The fourth-order valence-electron chi connectivity index (χ4n) is 1.54. The first-order chi connectivity index (χ1) is 4.71. The lowest BCUT2D eigenvalue weighted by molar-refractivity contribution is -0.143. The minimum absolute atomic E-state index is 0.00174. The van der Waals surface area contributed by atoms with E-state index >= 15 is 0 Å². The van der Waals surface area contributed by atoms with Crippen molar-refractivity contribution in [2.45, 2.75) is 38.7 Å². The third kappa shape index (κ3) is 0.825. The predicted octanol–water partition coefficient (Wildman–Crippen LogP) is 1.49. The van der Waals surface area contributed by atoms with Crippen LogP contribution in [0.5, 0.6) is 0 Å². The van der Waals surface area contributed by atoms with Gasteiger partial charge in [0.2, 0.25) is 0 Å². The van der Waals surface area contributed by atoms with E-state index in [0.717, 1.165) is 6.42 Å². The molecule has 2 fully saturated rings. The Balaban J connectivity index is 2.01.